The molecule has 2 aliphatic heterocycles. The second-order valence-electron chi connectivity index (χ2n) is 7.40. The predicted octanol–water partition coefficient (Wildman–Crippen LogP) is 4.01. The second-order valence-corrected chi connectivity index (χ2v) is 10.8. The third-order valence-corrected chi connectivity index (χ3v) is 8.32. The molecule has 2 heterocycles. The van der Waals surface area contributed by atoms with Gasteiger partial charge in [0.1, 0.15) is 0 Å². The lowest BCUT2D eigenvalue weighted by molar-refractivity contribution is -0.116. The van der Waals surface area contributed by atoms with Crippen LogP contribution < -0.4 is 4.90 Å². The van der Waals surface area contributed by atoms with Crippen molar-refractivity contribution in [3.63, 3.8) is 0 Å². The third-order valence-electron chi connectivity index (χ3n) is 5.32. The highest BCUT2D eigenvalue weighted by Crippen LogP contribution is 2.40. The zero-order valence-corrected chi connectivity index (χ0v) is 18.2. The van der Waals surface area contributed by atoms with E-state index in [0.717, 1.165) is 16.1 Å². The van der Waals surface area contributed by atoms with Crippen molar-refractivity contribution >= 4 is 39.0 Å². The molecule has 1 unspecified atom stereocenters. The van der Waals surface area contributed by atoms with Crippen LogP contribution in [0.2, 0.25) is 0 Å². The smallest absolute Gasteiger partial charge is 0.243 e. The Labute approximate surface area is 176 Å². The molecule has 2 aromatic rings. The molecule has 2 aromatic carbocycles. The highest BCUT2D eigenvalue weighted by Gasteiger charge is 2.30. The lowest BCUT2D eigenvalue weighted by atomic mass is 10.0. The number of carbonyl (C=O) groups excluding carboxylic acids is 1. The summed E-state index contributed by atoms with van der Waals surface area (Å²) in [5.74, 6) is -0.0244. The molecule has 0 spiro atoms. The number of sulfonamides is 1. The largest absolute Gasteiger partial charge is 0.310 e. The number of benzene rings is 2. The van der Waals surface area contributed by atoms with Crippen molar-refractivity contribution in [1.82, 2.24) is 4.31 Å². The number of rotatable bonds is 3. The van der Waals surface area contributed by atoms with Crippen LogP contribution in [0.1, 0.15) is 25.8 Å². The Hall–Kier alpha value is -2.09. The average Bonchev–Trinajstić information content (AvgIpc) is 2.73. The van der Waals surface area contributed by atoms with E-state index < -0.39 is 10.0 Å². The van der Waals surface area contributed by atoms with Gasteiger partial charge in [0, 0.05) is 36.7 Å². The predicted molar refractivity (Wildman–Crippen MR) is 118 cm³/mol. The van der Waals surface area contributed by atoms with Crippen LogP contribution in [0.5, 0.6) is 0 Å². The lowest BCUT2D eigenvalue weighted by Crippen LogP contribution is -2.37. The number of fused-ring (bicyclic) bond motifs is 1. The number of hydrogen-bond donors (Lipinski definition) is 0. The van der Waals surface area contributed by atoms with Gasteiger partial charge in [0.2, 0.25) is 15.9 Å². The molecule has 152 valence electrons. The SMILES string of the molecule is CC(=O)N1CC(C)Sc2cc(S(=O)(=O)N3CC=C(c4ccccc4)CC3)ccc21. The summed E-state index contributed by atoms with van der Waals surface area (Å²) in [5.41, 5.74) is 3.13. The van der Waals surface area contributed by atoms with Crippen molar-refractivity contribution in [2.24, 2.45) is 0 Å². The van der Waals surface area contributed by atoms with Gasteiger partial charge in [-0.25, -0.2) is 8.42 Å². The Morgan fingerprint density at radius 2 is 1.90 bits per heavy atom. The number of thioether (sulfide) groups is 1. The van der Waals surface area contributed by atoms with Crippen LogP contribution >= 0.6 is 11.8 Å². The molecule has 7 heteroatoms. The maximum absolute atomic E-state index is 13.2. The van der Waals surface area contributed by atoms with Gasteiger partial charge in [0.05, 0.1) is 10.6 Å². The van der Waals surface area contributed by atoms with Crippen molar-refractivity contribution in [3.8, 4) is 0 Å². The minimum Gasteiger partial charge on any atom is -0.310 e. The van der Waals surface area contributed by atoms with Crippen molar-refractivity contribution in [2.45, 2.75) is 35.3 Å². The molecule has 1 atom stereocenters. The van der Waals surface area contributed by atoms with Crippen LogP contribution in [0.15, 0.2) is 64.4 Å². The van der Waals surface area contributed by atoms with Crippen LogP contribution in [0.25, 0.3) is 5.57 Å². The summed E-state index contributed by atoms with van der Waals surface area (Å²) < 4.78 is 28.0. The van der Waals surface area contributed by atoms with E-state index in [0.29, 0.717) is 26.1 Å². The summed E-state index contributed by atoms with van der Waals surface area (Å²) in [6.07, 6.45) is 2.70. The maximum Gasteiger partial charge on any atom is 0.243 e. The van der Waals surface area contributed by atoms with E-state index in [4.69, 9.17) is 0 Å². The van der Waals surface area contributed by atoms with Crippen molar-refractivity contribution in [2.75, 3.05) is 24.5 Å². The van der Waals surface area contributed by atoms with Crippen LogP contribution in [-0.2, 0) is 14.8 Å². The Morgan fingerprint density at radius 3 is 2.55 bits per heavy atom. The van der Waals surface area contributed by atoms with Gasteiger partial charge in [0.25, 0.3) is 0 Å². The minimum absolute atomic E-state index is 0.0244. The number of carbonyl (C=O) groups is 1. The molecule has 0 aliphatic carbocycles. The summed E-state index contributed by atoms with van der Waals surface area (Å²) >= 11 is 1.62. The molecule has 0 bridgehead atoms. The topological polar surface area (TPSA) is 57.7 Å². The van der Waals surface area contributed by atoms with E-state index in [2.05, 4.69) is 12.1 Å². The monoisotopic (exact) mass is 428 g/mol. The van der Waals surface area contributed by atoms with E-state index in [1.54, 1.807) is 41.8 Å². The zero-order chi connectivity index (χ0) is 20.6. The van der Waals surface area contributed by atoms with E-state index >= 15 is 0 Å². The molecule has 1 amide bonds. The van der Waals surface area contributed by atoms with E-state index in [1.807, 2.05) is 31.2 Å². The van der Waals surface area contributed by atoms with Crippen molar-refractivity contribution < 1.29 is 13.2 Å². The Balaban J connectivity index is 1.59. The van der Waals surface area contributed by atoms with E-state index in [1.165, 1.54) is 9.88 Å². The fourth-order valence-electron chi connectivity index (χ4n) is 3.81. The van der Waals surface area contributed by atoms with Crippen LogP contribution in [-0.4, -0.2) is 43.5 Å². The second kappa shape index (κ2) is 7.97. The first-order valence-corrected chi connectivity index (χ1v) is 12.0. The lowest BCUT2D eigenvalue weighted by Gasteiger charge is -2.32. The van der Waals surface area contributed by atoms with Gasteiger partial charge in [0.15, 0.2) is 0 Å². The zero-order valence-electron chi connectivity index (χ0n) is 16.5. The fourth-order valence-corrected chi connectivity index (χ4v) is 6.45. The number of hydrogen-bond acceptors (Lipinski definition) is 4. The van der Waals surface area contributed by atoms with Crippen LogP contribution in [0, 0.1) is 0 Å². The summed E-state index contributed by atoms with van der Waals surface area (Å²) in [4.78, 5) is 14.8. The highest BCUT2D eigenvalue weighted by molar-refractivity contribution is 8.00. The van der Waals surface area contributed by atoms with Gasteiger partial charge < -0.3 is 4.90 Å². The molecular formula is C22H24N2O3S2. The fraction of sp³-hybridized carbons (Fsp3) is 0.318. The van der Waals surface area contributed by atoms with Gasteiger partial charge in [-0.3, -0.25) is 4.79 Å². The Kier molecular flexibility index (Phi) is 5.55. The molecule has 0 fully saturated rings. The Morgan fingerprint density at radius 1 is 1.14 bits per heavy atom. The molecule has 5 nitrogen and oxygen atoms in total. The summed E-state index contributed by atoms with van der Waals surface area (Å²) in [6.45, 7) is 5.06. The normalized spacial score (nSPS) is 20.1. The van der Waals surface area contributed by atoms with Crippen LogP contribution in [0.4, 0.5) is 5.69 Å². The first kappa shape index (κ1) is 20.2. The summed E-state index contributed by atoms with van der Waals surface area (Å²) in [6, 6.07) is 15.2. The molecule has 4 rings (SSSR count). The molecule has 29 heavy (non-hydrogen) atoms. The van der Waals surface area contributed by atoms with Gasteiger partial charge >= 0.3 is 0 Å². The first-order valence-electron chi connectivity index (χ1n) is 9.69. The summed E-state index contributed by atoms with van der Waals surface area (Å²) in [7, 11) is -3.58. The van der Waals surface area contributed by atoms with E-state index in [9.17, 15) is 13.2 Å². The highest BCUT2D eigenvalue weighted by atomic mass is 32.2. The maximum atomic E-state index is 13.2. The van der Waals surface area contributed by atoms with Crippen LogP contribution in [0.3, 0.4) is 0 Å². The quantitative estimate of drug-likeness (QED) is 0.741. The van der Waals surface area contributed by atoms with Gasteiger partial charge in [-0.1, -0.05) is 43.3 Å². The molecule has 0 saturated carbocycles. The number of amides is 1. The third kappa shape index (κ3) is 3.99. The van der Waals surface area contributed by atoms with E-state index in [-0.39, 0.29) is 16.1 Å². The standard InChI is InChI=1S/C22H24N2O3S2/c1-16-15-24(17(2)25)21-9-8-20(14-22(21)28-16)29(26,27)23-12-10-19(11-13-23)18-6-4-3-5-7-18/h3-10,14,16H,11-13,15H2,1-2H3. The van der Waals surface area contributed by atoms with Gasteiger partial charge in [-0.05, 0) is 35.8 Å². The molecular weight excluding hydrogens is 404 g/mol. The number of anilines is 1. The van der Waals surface area contributed by atoms with Gasteiger partial charge in [-0.15, -0.1) is 11.8 Å². The van der Waals surface area contributed by atoms with Crippen molar-refractivity contribution in [1.29, 1.82) is 0 Å². The Bertz CT molecular complexity index is 1060. The van der Waals surface area contributed by atoms with Gasteiger partial charge in [-0.2, -0.15) is 4.31 Å². The number of nitrogens with zero attached hydrogens (tertiary/aromatic N) is 2. The molecule has 0 saturated heterocycles. The van der Waals surface area contributed by atoms with Crippen molar-refractivity contribution in [3.05, 3.63) is 60.2 Å². The summed E-state index contributed by atoms with van der Waals surface area (Å²) in [5, 5.41) is 0.218. The average molecular weight is 429 g/mol. The first-order chi connectivity index (χ1) is 13.9. The minimum atomic E-state index is -3.58. The molecule has 0 N–H and O–H groups in total. The molecule has 2 aliphatic rings. The molecule has 0 aromatic heterocycles. The molecule has 0 radical (unpaired) electrons.